The number of hydrogen-bond donors (Lipinski definition) is 1. The fourth-order valence-corrected chi connectivity index (χ4v) is 4.28. The summed E-state index contributed by atoms with van der Waals surface area (Å²) in [5.74, 6) is 0.562. The van der Waals surface area contributed by atoms with Gasteiger partial charge in [-0.2, -0.15) is 4.31 Å². The van der Waals surface area contributed by atoms with Crippen molar-refractivity contribution in [2.45, 2.75) is 44.6 Å². The molecule has 0 radical (unpaired) electrons. The fourth-order valence-electron chi connectivity index (χ4n) is 2.45. The molecule has 0 saturated heterocycles. The first-order chi connectivity index (χ1) is 10.1. The van der Waals surface area contributed by atoms with Crippen LogP contribution in [0.2, 0.25) is 0 Å². The Bertz CT molecular complexity index is 553. The van der Waals surface area contributed by atoms with E-state index in [0.717, 1.165) is 31.4 Å². The number of nitrogens with one attached hydrogen (secondary N) is 1. The molecule has 1 fully saturated rings. The zero-order chi connectivity index (χ0) is 15.3. The summed E-state index contributed by atoms with van der Waals surface area (Å²) in [5, 5.41) is 3.22. The van der Waals surface area contributed by atoms with Gasteiger partial charge >= 0.3 is 0 Å². The molecule has 0 bridgehead atoms. The lowest BCUT2D eigenvalue weighted by Crippen LogP contribution is -2.34. The van der Waals surface area contributed by atoms with Gasteiger partial charge in [-0.25, -0.2) is 8.42 Å². The molecule has 118 valence electrons. The molecular formula is C16H26N2O2S. The van der Waals surface area contributed by atoms with Crippen LogP contribution < -0.4 is 5.32 Å². The zero-order valence-corrected chi connectivity index (χ0v) is 13.8. The third kappa shape index (κ3) is 4.28. The van der Waals surface area contributed by atoms with Crippen LogP contribution >= 0.6 is 0 Å². The van der Waals surface area contributed by atoms with E-state index < -0.39 is 10.0 Å². The van der Waals surface area contributed by atoms with Crippen molar-refractivity contribution < 1.29 is 8.42 Å². The lowest BCUT2D eigenvalue weighted by Gasteiger charge is -2.23. The van der Waals surface area contributed by atoms with E-state index in [4.69, 9.17) is 0 Å². The van der Waals surface area contributed by atoms with Crippen molar-refractivity contribution in [3.8, 4) is 0 Å². The highest BCUT2D eigenvalue weighted by molar-refractivity contribution is 7.89. The van der Waals surface area contributed by atoms with Gasteiger partial charge in [0.15, 0.2) is 0 Å². The molecule has 0 aliphatic heterocycles. The van der Waals surface area contributed by atoms with Gasteiger partial charge in [0.2, 0.25) is 10.0 Å². The molecule has 0 atom stereocenters. The van der Waals surface area contributed by atoms with Crippen LogP contribution in [0.1, 0.15) is 38.7 Å². The standard InChI is InChI=1S/C16H26N2O2S/c1-3-11-18(13-14-9-10-14)21(19,20)16-8-6-5-7-15(16)12-17-4-2/h5-8,14,17H,3-4,9-13H2,1-2H3. The molecule has 0 amide bonds. The molecule has 0 aromatic heterocycles. The lowest BCUT2D eigenvalue weighted by molar-refractivity contribution is 0.395. The molecule has 0 unspecified atom stereocenters. The van der Waals surface area contributed by atoms with Crippen LogP contribution in [0.5, 0.6) is 0 Å². The average Bonchev–Trinajstić information content (AvgIpc) is 3.29. The highest BCUT2D eigenvalue weighted by Crippen LogP contribution is 2.32. The average molecular weight is 310 g/mol. The monoisotopic (exact) mass is 310 g/mol. The Kier molecular flexibility index (Phi) is 5.79. The van der Waals surface area contributed by atoms with Gasteiger partial charge in [-0.1, -0.05) is 32.0 Å². The Morgan fingerprint density at radius 1 is 1.24 bits per heavy atom. The van der Waals surface area contributed by atoms with Gasteiger partial charge in [0.25, 0.3) is 0 Å². The van der Waals surface area contributed by atoms with Crippen LogP contribution in [0, 0.1) is 5.92 Å². The third-order valence-corrected chi connectivity index (χ3v) is 5.75. The Hall–Kier alpha value is -0.910. The van der Waals surface area contributed by atoms with Gasteiger partial charge in [0.1, 0.15) is 0 Å². The molecule has 4 nitrogen and oxygen atoms in total. The second-order valence-electron chi connectivity index (χ2n) is 5.69. The maximum Gasteiger partial charge on any atom is 0.243 e. The minimum atomic E-state index is -3.39. The van der Waals surface area contributed by atoms with Crippen LogP contribution in [0.25, 0.3) is 0 Å². The van der Waals surface area contributed by atoms with Crippen LogP contribution in [-0.4, -0.2) is 32.4 Å². The van der Waals surface area contributed by atoms with Gasteiger partial charge in [0.05, 0.1) is 4.90 Å². The number of benzene rings is 1. The highest BCUT2D eigenvalue weighted by Gasteiger charge is 2.32. The first-order valence-corrected chi connectivity index (χ1v) is 9.32. The molecule has 0 heterocycles. The third-order valence-electron chi connectivity index (χ3n) is 3.79. The maximum absolute atomic E-state index is 13.0. The van der Waals surface area contributed by atoms with Crippen molar-refractivity contribution in [2.24, 2.45) is 5.92 Å². The van der Waals surface area contributed by atoms with Crippen molar-refractivity contribution in [3.63, 3.8) is 0 Å². The highest BCUT2D eigenvalue weighted by atomic mass is 32.2. The number of sulfonamides is 1. The van der Waals surface area contributed by atoms with Gasteiger partial charge < -0.3 is 5.32 Å². The normalized spacial score (nSPS) is 15.6. The molecule has 1 aliphatic carbocycles. The summed E-state index contributed by atoms with van der Waals surface area (Å²) in [6.07, 6.45) is 3.17. The smallest absolute Gasteiger partial charge is 0.243 e. The minimum absolute atomic E-state index is 0.458. The zero-order valence-electron chi connectivity index (χ0n) is 13.0. The van der Waals surface area contributed by atoms with Crippen LogP contribution in [0.4, 0.5) is 0 Å². The molecule has 1 aliphatic rings. The lowest BCUT2D eigenvalue weighted by atomic mass is 10.2. The molecule has 0 spiro atoms. The SMILES string of the molecule is CCCN(CC1CC1)S(=O)(=O)c1ccccc1CNCC. The molecule has 1 N–H and O–H groups in total. The van der Waals surface area contributed by atoms with Crippen molar-refractivity contribution in [2.75, 3.05) is 19.6 Å². The Labute approximate surface area is 128 Å². The quantitative estimate of drug-likeness (QED) is 0.763. The topological polar surface area (TPSA) is 49.4 Å². The predicted octanol–water partition coefficient (Wildman–Crippen LogP) is 2.61. The van der Waals surface area contributed by atoms with Crippen LogP contribution in [0.3, 0.4) is 0 Å². The van der Waals surface area contributed by atoms with Gasteiger partial charge in [-0.15, -0.1) is 0 Å². The second kappa shape index (κ2) is 7.38. The summed E-state index contributed by atoms with van der Waals surface area (Å²) in [4.78, 5) is 0.458. The number of hydrogen-bond acceptors (Lipinski definition) is 3. The van der Waals surface area contributed by atoms with E-state index in [2.05, 4.69) is 5.32 Å². The van der Waals surface area contributed by atoms with E-state index in [-0.39, 0.29) is 0 Å². The Morgan fingerprint density at radius 3 is 2.57 bits per heavy atom. The van der Waals surface area contributed by atoms with Crippen molar-refractivity contribution in [1.29, 1.82) is 0 Å². The summed E-state index contributed by atoms with van der Waals surface area (Å²) in [6.45, 7) is 6.75. The Morgan fingerprint density at radius 2 is 1.95 bits per heavy atom. The van der Waals surface area contributed by atoms with Gasteiger partial charge in [0, 0.05) is 19.6 Å². The van der Waals surface area contributed by atoms with Crippen LogP contribution in [-0.2, 0) is 16.6 Å². The summed E-state index contributed by atoms with van der Waals surface area (Å²) in [5.41, 5.74) is 0.858. The predicted molar refractivity (Wildman–Crippen MR) is 85.6 cm³/mol. The van der Waals surface area contributed by atoms with E-state index >= 15 is 0 Å². The van der Waals surface area contributed by atoms with E-state index in [1.54, 1.807) is 10.4 Å². The summed E-state index contributed by atoms with van der Waals surface area (Å²) in [6, 6.07) is 7.34. The summed E-state index contributed by atoms with van der Waals surface area (Å²) < 4.78 is 27.6. The van der Waals surface area contributed by atoms with E-state index in [0.29, 0.717) is 30.4 Å². The molecule has 21 heavy (non-hydrogen) atoms. The van der Waals surface area contributed by atoms with Gasteiger partial charge in [-0.3, -0.25) is 0 Å². The molecule has 1 aromatic carbocycles. The van der Waals surface area contributed by atoms with Crippen LogP contribution in [0.15, 0.2) is 29.2 Å². The summed E-state index contributed by atoms with van der Waals surface area (Å²) in [7, 11) is -3.39. The molecule has 2 rings (SSSR count). The maximum atomic E-state index is 13.0. The van der Waals surface area contributed by atoms with E-state index in [9.17, 15) is 8.42 Å². The molecular weight excluding hydrogens is 284 g/mol. The molecule has 1 aromatic rings. The first kappa shape index (κ1) is 16.5. The van der Waals surface area contributed by atoms with E-state index in [1.165, 1.54) is 0 Å². The van der Waals surface area contributed by atoms with Crippen molar-refractivity contribution in [1.82, 2.24) is 9.62 Å². The Balaban J connectivity index is 2.27. The molecule has 1 saturated carbocycles. The van der Waals surface area contributed by atoms with Crippen molar-refractivity contribution in [3.05, 3.63) is 29.8 Å². The number of rotatable bonds is 9. The summed E-state index contributed by atoms with van der Waals surface area (Å²) >= 11 is 0. The second-order valence-corrected chi connectivity index (χ2v) is 7.60. The molecule has 5 heteroatoms. The van der Waals surface area contributed by atoms with Crippen molar-refractivity contribution >= 4 is 10.0 Å². The van der Waals surface area contributed by atoms with Gasteiger partial charge in [-0.05, 0) is 43.4 Å². The largest absolute Gasteiger partial charge is 0.313 e. The fraction of sp³-hybridized carbons (Fsp3) is 0.625. The minimum Gasteiger partial charge on any atom is -0.313 e. The number of nitrogens with zero attached hydrogens (tertiary/aromatic N) is 1. The first-order valence-electron chi connectivity index (χ1n) is 7.88. The van der Waals surface area contributed by atoms with E-state index in [1.807, 2.05) is 32.0 Å².